The molecular weight excluding hydrogens is 372 g/mol. The van der Waals surface area contributed by atoms with Crippen LogP contribution < -0.4 is 5.32 Å². The number of rotatable bonds is 7. The average molecular weight is 396 g/mol. The van der Waals surface area contributed by atoms with Gasteiger partial charge in [-0.05, 0) is 24.3 Å². The molecule has 0 spiro atoms. The number of aromatic nitrogens is 4. The van der Waals surface area contributed by atoms with Crippen molar-refractivity contribution in [2.75, 3.05) is 32.8 Å². The Morgan fingerprint density at radius 3 is 2.69 bits per heavy atom. The third-order valence-electron chi connectivity index (χ3n) is 4.84. The Bertz CT molecular complexity index is 933. The van der Waals surface area contributed by atoms with Crippen LogP contribution in [0.1, 0.15) is 17.6 Å². The molecule has 2 aromatic heterocycles. The maximum atomic E-state index is 12.5. The lowest BCUT2D eigenvalue weighted by atomic mass is 10.1. The van der Waals surface area contributed by atoms with Crippen molar-refractivity contribution in [3.8, 4) is 11.4 Å². The quantitative estimate of drug-likeness (QED) is 0.645. The number of amides is 1. The molecule has 9 nitrogen and oxygen atoms in total. The minimum absolute atomic E-state index is 0.00679. The molecule has 0 aliphatic carbocycles. The number of hydrogen-bond donors (Lipinski definition) is 1. The molecule has 1 fully saturated rings. The molecule has 1 aromatic carbocycles. The van der Waals surface area contributed by atoms with Crippen molar-refractivity contribution < 1.29 is 13.9 Å². The number of ether oxygens (including phenoxy) is 1. The summed E-state index contributed by atoms with van der Waals surface area (Å²) in [7, 11) is 0. The summed E-state index contributed by atoms with van der Waals surface area (Å²) in [5.74, 6) is 2.01. The van der Waals surface area contributed by atoms with Gasteiger partial charge in [0.05, 0.1) is 19.3 Å². The normalized spacial score (nSPS) is 15.9. The summed E-state index contributed by atoms with van der Waals surface area (Å²) >= 11 is 0. The number of furan rings is 1. The van der Waals surface area contributed by atoms with Gasteiger partial charge in [0.1, 0.15) is 18.1 Å². The summed E-state index contributed by atoms with van der Waals surface area (Å²) in [5.41, 5.74) is 0.861. The summed E-state index contributed by atoms with van der Waals surface area (Å²) in [6.07, 6.45) is 0. The van der Waals surface area contributed by atoms with Crippen LogP contribution in [-0.2, 0) is 16.1 Å². The SMILES string of the molecule is Cc1ccc(C(CNC(=O)Cn2nnc(-c3ccccc3)n2)N2CCOCC2)o1. The lowest BCUT2D eigenvalue weighted by molar-refractivity contribution is -0.122. The van der Waals surface area contributed by atoms with E-state index in [2.05, 4.69) is 25.6 Å². The van der Waals surface area contributed by atoms with Crippen molar-refractivity contribution in [3.63, 3.8) is 0 Å². The molecule has 1 atom stereocenters. The summed E-state index contributed by atoms with van der Waals surface area (Å²) in [4.78, 5) is 16.0. The van der Waals surface area contributed by atoms with Crippen molar-refractivity contribution in [2.45, 2.75) is 19.5 Å². The van der Waals surface area contributed by atoms with Crippen molar-refractivity contribution >= 4 is 5.91 Å². The fourth-order valence-electron chi connectivity index (χ4n) is 3.34. The van der Waals surface area contributed by atoms with E-state index in [0.29, 0.717) is 25.6 Å². The van der Waals surface area contributed by atoms with E-state index in [0.717, 1.165) is 30.2 Å². The highest BCUT2D eigenvalue weighted by molar-refractivity contribution is 5.75. The van der Waals surface area contributed by atoms with Gasteiger partial charge in [-0.15, -0.1) is 10.2 Å². The monoisotopic (exact) mass is 396 g/mol. The smallest absolute Gasteiger partial charge is 0.243 e. The van der Waals surface area contributed by atoms with Crippen LogP contribution in [0.3, 0.4) is 0 Å². The Labute approximate surface area is 168 Å². The van der Waals surface area contributed by atoms with Crippen molar-refractivity contribution in [1.82, 2.24) is 30.4 Å². The number of nitrogens with zero attached hydrogens (tertiary/aromatic N) is 5. The highest BCUT2D eigenvalue weighted by Gasteiger charge is 2.25. The molecule has 0 radical (unpaired) electrons. The Morgan fingerprint density at radius 2 is 1.97 bits per heavy atom. The molecule has 1 saturated heterocycles. The number of carbonyl (C=O) groups excluding carboxylic acids is 1. The Balaban J connectivity index is 1.37. The zero-order valence-electron chi connectivity index (χ0n) is 16.3. The zero-order chi connectivity index (χ0) is 20.1. The molecule has 3 heterocycles. The van der Waals surface area contributed by atoms with Crippen LogP contribution in [-0.4, -0.2) is 63.9 Å². The number of aryl methyl sites for hydroxylation is 1. The predicted molar refractivity (Wildman–Crippen MR) is 105 cm³/mol. The molecule has 1 aliphatic rings. The first-order valence-electron chi connectivity index (χ1n) is 9.67. The van der Waals surface area contributed by atoms with E-state index in [4.69, 9.17) is 9.15 Å². The Morgan fingerprint density at radius 1 is 1.17 bits per heavy atom. The number of nitrogens with one attached hydrogen (secondary N) is 1. The van der Waals surface area contributed by atoms with Gasteiger partial charge in [0.15, 0.2) is 0 Å². The van der Waals surface area contributed by atoms with Gasteiger partial charge in [-0.3, -0.25) is 9.69 Å². The van der Waals surface area contributed by atoms with Gasteiger partial charge in [-0.2, -0.15) is 4.80 Å². The standard InChI is InChI=1S/C20H24N6O3/c1-15-7-8-18(29-15)17(25-9-11-28-12-10-25)13-21-19(27)14-26-23-20(22-24-26)16-5-3-2-4-6-16/h2-8,17H,9-14H2,1H3,(H,21,27). The number of tetrazole rings is 1. The third-order valence-corrected chi connectivity index (χ3v) is 4.84. The minimum Gasteiger partial charge on any atom is -0.465 e. The number of morpholine rings is 1. The first kappa shape index (κ1) is 19.3. The second-order valence-corrected chi connectivity index (χ2v) is 6.93. The molecule has 1 N–H and O–H groups in total. The largest absolute Gasteiger partial charge is 0.465 e. The van der Waals surface area contributed by atoms with E-state index in [-0.39, 0.29) is 18.5 Å². The van der Waals surface area contributed by atoms with E-state index < -0.39 is 0 Å². The number of hydrogen-bond acceptors (Lipinski definition) is 7. The summed E-state index contributed by atoms with van der Waals surface area (Å²) in [6, 6.07) is 13.4. The Kier molecular flexibility index (Phi) is 5.97. The summed E-state index contributed by atoms with van der Waals surface area (Å²) in [6.45, 7) is 5.30. The van der Waals surface area contributed by atoms with Gasteiger partial charge < -0.3 is 14.5 Å². The lowest BCUT2D eigenvalue weighted by Gasteiger charge is -2.33. The first-order chi connectivity index (χ1) is 14.2. The number of benzene rings is 1. The van der Waals surface area contributed by atoms with E-state index >= 15 is 0 Å². The molecule has 4 rings (SSSR count). The van der Waals surface area contributed by atoms with Gasteiger partial charge in [0.25, 0.3) is 0 Å². The molecule has 152 valence electrons. The van der Waals surface area contributed by atoms with Crippen LogP contribution >= 0.6 is 0 Å². The van der Waals surface area contributed by atoms with Gasteiger partial charge in [0.2, 0.25) is 11.7 Å². The first-order valence-corrected chi connectivity index (χ1v) is 9.67. The van der Waals surface area contributed by atoms with Gasteiger partial charge in [-0.1, -0.05) is 30.3 Å². The van der Waals surface area contributed by atoms with Crippen molar-refractivity contribution in [2.24, 2.45) is 0 Å². The molecular formula is C20H24N6O3. The summed E-state index contributed by atoms with van der Waals surface area (Å²) in [5, 5.41) is 15.3. The van der Waals surface area contributed by atoms with Crippen molar-refractivity contribution in [3.05, 3.63) is 54.0 Å². The van der Waals surface area contributed by atoms with E-state index in [1.165, 1.54) is 4.80 Å². The molecule has 1 unspecified atom stereocenters. The fraction of sp³-hybridized carbons (Fsp3) is 0.400. The molecule has 9 heteroatoms. The topological polar surface area (TPSA) is 98.3 Å². The van der Waals surface area contributed by atoms with Crippen LogP contribution in [0.15, 0.2) is 46.9 Å². The maximum absolute atomic E-state index is 12.5. The summed E-state index contributed by atoms with van der Waals surface area (Å²) < 4.78 is 11.3. The highest BCUT2D eigenvalue weighted by atomic mass is 16.5. The van der Waals surface area contributed by atoms with Crippen LogP contribution in [0, 0.1) is 6.92 Å². The number of carbonyl (C=O) groups is 1. The van der Waals surface area contributed by atoms with Gasteiger partial charge >= 0.3 is 0 Å². The fourth-order valence-corrected chi connectivity index (χ4v) is 3.34. The van der Waals surface area contributed by atoms with Crippen LogP contribution in [0.5, 0.6) is 0 Å². The zero-order valence-corrected chi connectivity index (χ0v) is 16.3. The molecule has 3 aromatic rings. The second kappa shape index (κ2) is 8.97. The molecule has 0 bridgehead atoms. The third kappa shape index (κ3) is 4.87. The van der Waals surface area contributed by atoms with E-state index in [1.54, 1.807) is 0 Å². The molecule has 0 saturated carbocycles. The average Bonchev–Trinajstić information content (AvgIpc) is 3.39. The molecule has 1 amide bonds. The van der Waals surface area contributed by atoms with Crippen LogP contribution in [0.2, 0.25) is 0 Å². The van der Waals surface area contributed by atoms with Crippen LogP contribution in [0.25, 0.3) is 11.4 Å². The van der Waals surface area contributed by atoms with Gasteiger partial charge in [-0.25, -0.2) is 0 Å². The van der Waals surface area contributed by atoms with Crippen molar-refractivity contribution in [1.29, 1.82) is 0 Å². The maximum Gasteiger partial charge on any atom is 0.243 e. The minimum atomic E-state index is -0.177. The predicted octanol–water partition coefficient (Wildman–Crippen LogP) is 1.43. The van der Waals surface area contributed by atoms with Gasteiger partial charge in [0, 0.05) is 25.2 Å². The second-order valence-electron chi connectivity index (χ2n) is 6.93. The van der Waals surface area contributed by atoms with Crippen LogP contribution in [0.4, 0.5) is 0 Å². The lowest BCUT2D eigenvalue weighted by Crippen LogP contribution is -2.44. The highest BCUT2D eigenvalue weighted by Crippen LogP contribution is 2.23. The van der Waals surface area contributed by atoms with E-state index in [1.807, 2.05) is 49.4 Å². The van der Waals surface area contributed by atoms with E-state index in [9.17, 15) is 4.79 Å². The Hall–Kier alpha value is -3.04. The molecule has 1 aliphatic heterocycles. The molecule has 29 heavy (non-hydrogen) atoms.